The fraction of sp³-hybridized carbons (Fsp3) is 0.417. The van der Waals surface area contributed by atoms with Crippen molar-refractivity contribution >= 4 is 18.6 Å². The summed E-state index contributed by atoms with van der Waals surface area (Å²) in [5.41, 5.74) is 1.83. The normalized spacial score (nSPS) is 13.8. The summed E-state index contributed by atoms with van der Waals surface area (Å²) in [6.45, 7) is 0.350. The van der Waals surface area contributed by atoms with Gasteiger partial charge in [-0.05, 0) is 23.2 Å². The van der Waals surface area contributed by atoms with Crippen LogP contribution in [-0.4, -0.2) is 45.2 Å². The predicted octanol–water partition coefficient (Wildman–Crippen LogP) is -0.320. The molecule has 1 N–H and O–H groups in total. The molecule has 0 fully saturated rings. The van der Waals surface area contributed by atoms with E-state index in [4.69, 9.17) is 18.9 Å². The second-order valence-corrected chi connectivity index (χ2v) is 4.08. The van der Waals surface area contributed by atoms with Gasteiger partial charge in [0.25, 0.3) is 0 Å². The SMILES string of the molecule is COC(COC(=O)c1ccc2c(c1)B(O)OC2)OC. The van der Waals surface area contributed by atoms with Gasteiger partial charge in [-0.1, -0.05) is 6.07 Å². The third-order valence-electron chi connectivity index (χ3n) is 2.92. The van der Waals surface area contributed by atoms with Crippen molar-refractivity contribution in [2.45, 2.75) is 12.9 Å². The lowest BCUT2D eigenvalue weighted by molar-refractivity contribution is -0.129. The van der Waals surface area contributed by atoms with Crippen LogP contribution < -0.4 is 5.46 Å². The van der Waals surface area contributed by atoms with Crippen LogP contribution in [0.3, 0.4) is 0 Å². The van der Waals surface area contributed by atoms with Crippen LogP contribution in [-0.2, 0) is 25.5 Å². The molecule has 0 atom stereocenters. The molecule has 0 spiro atoms. The number of carbonyl (C=O) groups excluding carboxylic acids is 1. The van der Waals surface area contributed by atoms with Gasteiger partial charge < -0.3 is 23.9 Å². The van der Waals surface area contributed by atoms with Crippen molar-refractivity contribution in [3.63, 3.8) is 0 Å². The van der Waals surface area contributed by atoms with Gasteiger partial charge in [0.2, 0.25) is 0 Å². The fourth-order valence-corrected chi connectivity index (χ4v) is 1.80. The third-order valence-corrected chi connectivity index (χ3v) is 2.92. The Morgan fingerprint density at radius 3 is 2.89 bits per heavy atom. The van der Waals surface area contributed by atoms with Crippen LogP contribution in [0.2, 0.25) is 0 Å². The second kappa shape index (κ2) is 6.16. The van der Waals surface area contributed by atoms with Gasteiger partial charge in [0.05, 0.1) is 12.2 Å². The molecule has 1 aliphatic rings. The standard InChI is InChI=1S/C12H15BO6/c1-16-11(17-2)7-18-12(14)8-3-4-9-6-19-13(15)10(9)5-8/h3-5,11,15H,6-7H2,1-2H3. The highest BCUT2D eigenvalue weighted by molar-refractivity contribution is 6.61. The minimum atomic E-state index is -0.978. The predicted molar refractivity (Wildman–Crippen MR) is 66.9 cm³/mol. The maximum Gasteiger partial charge on any atom is 0.491 e. The molecular formula is C12H15BO6. The Morgan fingerprint density at radius 1 is 1.47 bits per heavy atom. The number of methoxy groups -OCH3 is 2. The summed E-state index contributed by atoms with van der Waals surface area (Å²) < 4.78 is 19.9. The van der Waals surface area contributed by atoms with Crippen molar-refractivity contribution in [3.05, 3.63) is 29.3 Å². The first kappa shape index (κ1) is 14.0. The van der Waals surface area contributed by atoms with Crippen molar-refractivity contribution in [1.82, 2.24) is 0 Å². The van der Waals surface area contributed by atoms with Gasteiger partial charge >= 0.3 is 13.1 Å². The Hall–Kier alpha value is -1.41. The summed E-state index contributed by atoms with van der Waals surface area (Å²) in [5.74, 6) is -0.499. The lowest BCUT2D eigenvalue weighted by Crippen LogP contribution is -2.29. The Balaban J connectivity index is 2.02. The molecular weight excluding hydrogens is 251 g/mol. The second-order valence-electron chi connectivity index (χ2n) is 4.08. The maximum absolute atomic E-state index is 11.8. The quantitative estimate of drug-likeness (QED) is 0.447. The number of rotatable bonds is 5. The maximum atomic E-state index is 11.8. The molecule has 1 aliphatic heterocycles. The summed E-state index contributed by atoms with van der Waals surface area (Å²) in [6.07, 6.45) is -0.590. The molecule has 0 aliphatic carbocycles. The summed E-state index contributed by atoms with van der Waals surface area (Å²) in [5, 5.41) is 9.57. The number of esters is 1. The van der Waals surface area contributed by atoms with Gasteiger partial charge in [-0.3, -0.25) is 0 Å². The first-order valence-corrected chi connectivity index (χ1v) is 5.81. The number of fused-ring (bicyclic) bond motifs is 1. The van der Waals surface area contributed by atoms with E-state index in [1.807, 2.05) is 0 Å². The molecule has 0 saturated heterocycles. The molecule has 1 aromatic rings. The average molecular weight is 266 g/mol. The van der Waals surface area contributed by atoms with Crippen LogP contribution >= 0.6 is 0 Å². The molecule has 2 rings (SSSR count). The van der Waals surface area contributed by atoms with Crippen LogP contribution in [0.25, 0.3) is 0 Å². The van der Waals surface area contributed by atoms with Gasteiger partial charge in [0.1, 0.15) is 6.61 Å². The Kier molecular flexibility index (Phi) is 4.54. The van der Waals surface area contributed by atoms with Gasteiger partial charge in [-0.2, -0.15) is 0 Å². The first-order chi connectivity index (χ1) is 9.15. The highest BCUT2D eigenvalue weighted by atomic mass is 16.7. The molecule has 1 heterocycles. The molecule has 0 unspecified atom stereocenters. The van der Waals surface area contributed by atoms with Crippen molar-refractivity contribution < 1.29 is 28.7 Å². The van der Waals surface area contributed by atoms with Gasteiger partial charge in [0, 0.05) is 14.2 Å². The first-order valence-electron chi connectivity index (χ1n) is 5.81. The van der Waals surface area contributed by atoms with Crippen molar-refractivity contribution in [3.8, 4) is 0 Å². The Labute approximate surface area is 111 Å². The molecule has 0 amide bonds. The van der Waals surface area contributed by atoms with Crippen molar-refractivity contribution in [2.24, 2.45) is 0 Å². The topological polar surface area (TPSA) is 74.2 Å². The van der Waals surface area contributed by atoms with E-state index in [1.54, 1.807) is 18.2 Å². The minimum Gasteiger partial charge on any atom is -0.457 e. The zero-order valence-electron chi connectivity index (χ0n) is 10.8. The molecule has 0 bridgehead atoms. The van der Waals surface area contributed by atoms with Crippen LogP contribution in [0.1, 0.15) is 15.9 Å². The van der Waals surface area contributed by atoms with Crippen LogP contribution in [0.15, 0.2) is 18.2 Å². The molecule has 7 heteroatoms. The minimum absolute atomic E-state index is 0.00196. The number of hydrogen-bond donors (Lipinski definition) is 1. The highest BCUT2D eigenvalue weighted by Gasteiger charge is 2.28. The smallest absolute Gasteiger partial charge is 0.457 e. The lowest BCUT2D eigenvalue weighted by Gasteiger charge is -2.13. The van der Waals surface area contributed by atoms with E-state index in [9.17, 15) is 9.82 Å². The van der Waals surface area contributed by atoms with E-state index in [-0.39, 0.29) is 6.61 Å². The van der Waals surface area contributed by atoms with Gasteiger partial charge in [0.15, 0.2) is 6.29 Å². The van der Waals surface area contributed by atoms with E-state index in [2.05, 4.69) is 0 Å². The molecule has 6 nitrogen and oxygen atoms in total. The van der Waals surface area contributed by atoms with Crippen LogP contribution in [0.4, 0.5) is 0 Å². The van der Waals surface area contributed by atoms with Crippen molar-refractivity contribution in [2.75, 3.05) is 20.8 Å². The Morgan fingerprint density at radius 2 is 2.21 bits per heavy atom. The van der Waals surface area contributed by atoms with Gasteiger partial charge in [-0.15, -0.1) is 0 Å². The zero-order valence-corrected chi connectivity index (χ0v) is 10.8. The van der Waals surface area contributed by atoms with E-state index in [0.29, 0.717) is 17.6 Å². The monoisotopic (exact) mass is 266 g/mol. The summed E-state index contributed by atoms with van der Waals surface area (Å²) in [7, 11) is 1.95. The summed E-state index contributed by atoms with van der Waals surface area (Å²) in [4.78, 5) is 11.8. The average Bonchev–Trinajstić information content (AvgIpc) is 2.81. The lowest BCUT2D eigenvalue weighted by atomic mass is 9.79. The van der Waals surface area contributed by atoms with E-state index < -0.39 is 19.4 Å². The highest BCUT2D eigenvalue weighted by Crippen LogP contribution is 2.12. The summed E-state index contributed by atoms with van der Waals surface area (Å²) >= 11 is 0. The van der Waals surface area contributed by atoms with E-state index in [0.717, 1.165) is 5.56 Å². The third kappa shape index (κ3) is 3.13. The van der Waals surface area contributed by atoms with Crippen LogP contribution in [0.5, 0.6) is 0 Å². The number of carbonyl (C=O) groups is 1. The number of benzene rings is 1. The number of hydrogen-bond acceptors (Lipinski definition) is 6. The number of ether oxygens (including phenoxy) is 3. The molecule has 0 radical (unpaired) electrons. The largest absolute Gasteiger partial charge is 0.491 e. The van der Waals surface area contributed by atoms with E-state index >= 15 is 0 Å². The Bertz CT molecular complexity index is 460. The molecule has 0 aromatic heterocycles. The van der Waals surface area contributed by atoms with Crippen molar-refractivity contribution in [1.29, 1.82) is 0 Å². The summed E-state index contributed by atoms with van der Waals surface area (Å²) in [6, 6.07) is 4.95. The molecule has 1 aromatic carbocycles. The zero-order chi connectivity index (χ0) is 13.8. The molecule has 19 heavy (non-hydrogen) atoms. The van der Waals surface area contributed by atoms with E-state index in [1.165, 1.54) is 14.2 Å². The van der Waals surface area contributed by atoms with Gasteiger partial charge in [-0.25, -0.2) is 4.79 Å². The van der Waals surface area contributed by atoms with Crippen LogP contribution in [0, 0.1) is 0 Å². The molecule has 0 saturated carbocycles. The molecule has 102 valence electrons. The fourth-order valence-electron chi connectivity index (χ4n) is 1.80.